The van der Waals surface area contributed by atoms with Crippen molar-refractivity contribution in [3.05, 3.63) is 90.6 Å². The molecule has 0 aliphatic carbocycles. The van der Waals surface area contributed by atoms with Crippen LogP contribution in [0.5, 0.6) is 0 Å². The van der Waals surface area contributed by atoms with Crippen LogP contribution in [0.4, 0.5) is 5.82 Å². The maximum absolute atomic E-state index is 12.8. The van der Waals surface area contributed by atoms with Gasteiger partial charge in [0, 0.05) is 31.3 Å². The van der Waals surface area contributed by atoms with Crippen LogP contribution in [-0.4, -0.2) is 41.5 Å². The number of carbonyl (C=O) groups excluding carboxylic acids is 1. The number of carbonyl (C=O) groups is 1. The number of aromatic nitrogens is 2. The molecule has 34 heavy (non-hydrogen) atoms. The Morgan fingerprint density at radius 1 is 0.912 bits per heavy atom. The Bertz CT molecular complexity index is 1400. The van der Waals surface area contributed by atoms with Crippen LogP contribution < -0.4 is 5.32 Å². The van der Waals surface area contributed by atoms with E-state index in [0.717, 1.165) is 5.56 Å². The van der Waals surface area contributed by atoms with Crippen molar-refractivity contribution < 1.29 is 13.2 Å². The van der Waals surface area contributed by atoms with E-state index >= 15 is 0 Å². The fourth-order valence-corrected chi connectivity index (χ4v) is 5.94. The second kappa shape index (κ2) is 9.40. The molecule has 4 aromatic rings. The molecule has 174 valence electrons. The second-order valence-electron chi connectivity index (χ2n) is 8.52. The summed E-state index contributed by atoms with van der Waals surface area (Å²) in [5.41, 5.74) is 1.16. The smallest absolute Gasteiger partial charge is 0.243 e. The summed E-state index contributed by atoms with van der Waals surface area (Å²) in [6.45, 7) is 1.25. The first-order chi connectivity index (χ1) is 16.5. The molecule has 1 aliphatic rings. The molecule has 1 fully saturated rings. The lowest BCUT2D eigenvalue weighted by Gasteiger charge is -2.30. The van der Waals surface area contributed by atoms with Gasteiger partial charge in [-0.3, -0.25) is 9.48 Å². The third kappa shape index (κ3) is 4.60. The van der Waals surface area contributed by atoms with Crippen LogP contribution in [0, 0.1) is 5.92 Å². The Hall–Kier alpha value is -3.49. The number of sulfonamides is 1. The zero-order chi connectivity index (χ0) is 23.5. The van der Waals surface area contributed by atoms with Crippen molar-refractivity contribution in [3.63, 3.8) is 0 Å². The highest BCUT2D eigenvalue weighted by Gasteiger charge is 2.32. The van der Waals surface area contributed by atoms with Crippen LogP contribution in [0.2, 0.25) is 0 Å². The van der Waals surface area contributed by atoms with E-state index in [0.29, 0.717) is 38.3 Å². The molecule has 7 nitrogen and oxygen atoms in total. The van der Waals surface area contributed by atoms with Crippen molar-refractivity contribution in [3.8, 4) is 0 Å². The van der Waals surface area contributed by atoms with Crippen LogP contribution in [-0.2, 0) is 21.4 Å². The summed E-state index contributed by atoms with van der Waals surface area (Å²) in [6.07, 6.45) is 2.82. The maximum Gasteiger partial charge on any atom is 0.243 e. The molecule has 5 rings (SSSR count). The van der Waals surface area contributed by atoms with Gasteiger partial charge in [-0.1, -0.05) is 60.7 Å². The maximum atomic E-state index is 12.8. The fourth-order valence-electron chi connectivity index (χ4n) is 4.45. The number of benzene rings is 3. The zero-order valence-electron chi connectivity index (χ0n) is 18.7. The zero-order valence-corrected chi connectivity index (χ0v) is 19.5. The Labute approximate surface area is 199 Å². The predicted molar refractivity (Wildman–Crippen MR) is 132 cm³/mol. The van der Waals surface area contributed by atoms with Crippen LogP contribution in [0.1, 0.15) is 18.4 Å². The summed E-state index contributed by atoms with van der Waals surface area (Å²) in [4.78, 5) is 13.1. The molecule has 0 unspecified atom stereocenters. The van der Waals surface area contributed by atoms with E-state index in [2.05, 4.69) is 34.7 Å². The number of anilines is 1. The van der Waals surface area contributed by atoms with Gasteiger partial charge in [0.05, 0.1) is 11.4 Å². The minimum Gasteiger partial charge on any atom is -0.309 e. The SMILES string of the molecule is O=C(Nc1ccn(Cc2cccc3ccccc23)n1)C1CCN(S(=O)(=O)c2ccccc2)CC1. The first kappa shape index (κ1) is 22.3. The van der Waals surface area contributed by atoms with Gasteiger partial charge in [-0.2, -0.15) is 9.40 Å². The minimum absolute atomic E-state index is 0.118. The van der Waals surface area contributed by atoms with E-state index in [1.165, 1.54) is 15.1 Å². The lowest BCUT2D eigenvalue weighted by Crippen LogP contribution is -2.41. The highest BCUT2D eigenvalue weighted by Crippen LogP contribution is 2.25. The first-order valence-electron chi connectivity index (χ1n) is 11.4. The van der Waals surface area contributed by atoms with Crippen molar-refractivity contribution in [2.45, 2.75) is 24.3 Å². The summed E-state index contributed by atoms with van der Waals surface area (Å²) in [7, 11) is -3.53. The third-order valence-electron chi connectivity index (χ3n) is 6.31. The fraction of sp³-hybridized carbons (Fsp3) is 0.231. The number of piperidine rings is 1. The van der Waals surface area contributed by atoms with Crippen LogP contribution in [0.15, 0.2) is 90.0 Å². The van der Waals surface area contributed by atoms with Gasteiger partial charge < -0.3 is 5.32 Å². The molecule has 0 spiro atoms. The van der Waals surface area contributed by atoms with Gasteiger partial charge in [-0.05, 0) is 41.3 Å². The number of hydrogen-bond acceptors (Lipinski definition) is 4. The molecule has 1 saturated heterocycles. The Morgan fingerprint density at radius 2 is 1.62 bits per heavy atom. The summed E-state index contributed by atoms with van der Waals surface area (Å²) < 4.78 is 28.9. The summed E-state index contributed by atoms with van der Waals surface area (Å²) in [5.74, 6) is 0.141. The predicted octanol–water partition coefficient (Wildman–Crippen LogP) is 4.12. The van der Waals surface area contributed by atoms with Gasteiger partial charge in [0.2, 0.25) is 15.9 Å². The Kier molecular flexibility index (Phi) is 6.17. The van der Waals surface area contributed by atoms with Crippen LogP contribution >= 0.6 is 0 Å². The molecule has 0 atom stereocenters. The molecular weight excluding hydrogens is 448 g/mol. The number of amides is 1. The molecule has 3 aromatic carbocycles. The summed E-state index contributed by atoms with van der Waals surface area (Å²) in [6, 6.07) is 24.6. The summed E-state index contributed by atoms with van der Waals surface area (Å²) in [5, 5.41) is 9.79. The van der Waals surface area contributed by atoms with Crippen molar-refractivity contribution >= 4 is 32.5 Å². The second-order valence-corrected chi connectivity index (χ2v) is 10.5. The largest absolute Gasteiger partial charge is 0.309 e. The highest BCUT2D eigenvalue weighted by atomic mass is 32.2. The average Bonchev–Trinajstić information content (AvgIpc) is 3.31. The average molecular weight is 475 g/mol. The number of fused-ring (bicyclic) bond motifs is 1. The molecule has 0 radical (unpaired) electrons. The molecule has 1 N–H and O–H groups in total. The van der Waals surface area contributed by atoms with Crippen molar-refractivity contribution in [2.75, 3.05) is 18.4 Å². The van der Waals surface area contributed by atoms with Crippen molar-refractivity contribution in [1.82, 2.24) is 14.1 Å². The van der Waals surface area contributed by atoms with Gasteiger partial charge in [0.25, 0.3) is 0 Å². The van der Waals surface area contributed by atoms with E-state index in [1.807, 2.05) is 29.1 Å². The highest BCUT2D eigenvalue weighted by molar-refractivity contribution is 7.89. The number of hydrogen-bond donors (Lipinski definition) is 1. The first-order valence-corrected chi connectivity index (χ1v) is 12.8. The van der Waals surface area contributed by atoms with E-state index < -0.39 is 10.0 Å². The molecule has 0 bridgehead atoms. The molecule has 8 heteroatoms. The van der Waals surface area contributed by atoms with E-state index in [-0.39, 0.29) is 16.7 Å². The van der Waals surface area contributed by atoms with Gasteiger partial charge in [-0.25, -0.2) is 8.42 Å². The van der Waals surface area contributed by atoms with E-state index in [9.17, 15) is 13.2 Å². The van der Waals surface area contributed by atoms with Gasteiger partial charge in [-0.15, -0.1) is 0 Å². The number of rotatable bonds is 6. The standard InChI is InChI=1S/C26H26N4O3S/c31-26(21-13-17-30(18-14-21)34(32,33)23-10-2-1-3-11-23)27-25-15-16-29(28-25)19-22-9-6-8-20-7-4-5-12-24(20)22/h1-12,15-16,21H,13-14,17-19H2,(H,27,28,31). The van der Waals surface area contributed by atoms with Gasteiger partial charge in [0.1, 0.15) is 0 Å². The molecule has 1 aromatic heterocycles. The minimum atomic E-state index is -3.53. The van der Waals surface area contributed by atoms with Crippen molar-refractivity contribution in [2.24, 2.45) is 5.92 Å². The Morgan fingerprint density at radius 3 is 2.41 bits per heavy atom. The quantitative estimate of drug-likeness (QED) is 0.456. The lowest BCUT2D eigenvalue weighted by molar-refractivity contribution is -0.120. The van der Waals surface area contributed by atoms with Gasteiger partial charge >= 0.3 is 0 Å². The molecule has 1 aliphatic heterocycles. The summed E-state index contributed by atoms with van der Waals surface area (Å²) >= 11 is 0. The molecular formula is C26H26N4O3S. The topological polar surface area (TPSA) is 84.3 Å². The van der Waals surface area contributed by atoms with E-state index in [4.69, 9.17) is 0 Å². The normalized spacial score (nSPS) is 15.4. The van der Waals surface area contributed by atoms with Gasteiger partial charge in [0.15, 0.2) is 5.82 Å². The monoisotopic (exact) mass is 474 g/mol. The Balaban J connectivity index is 1.19. The van der Waals surface area contributed by atoms with Crippen LogP contribution in [0.3, 0.4) is 0 Å². The molecule has 1 amide bonds. The van der Waals surface area contributed by atoms with E-state index in [1.54, 1.807) is 36.4 Å². The third-order valence-corrected chi connectivity index (χ3v) is 8.22. The molecule has 2 heterocycles. The van der Waals surface area contributed by atoms with Crippen molar-refractivity contribution in [1.29, 1.82) is 0 Å². The number of nitrogens with zero attached hydrogens (tertiary/aromatic N) is 3. The lowest BCUT2D eigenvalue weighted by atomic mass is 9.97. The molecule has 0 saturated carbocycles. The number of nitrogens with one attached hydrogen (secondary N) is 1. The van der Waals surface area contributed by atoms with Crippen LogP contribution in [0.25, 0.3) is 10.8 Å².